The molecule has 0 saturated heterocycles. The van der Waals surface area contributed by atoms with Gasteiger partial charge in [-0.05, 0) is 36.9 Å². The van der Waals surface area contributed by atoms with Gasteiger partial charge in [0, 0.05) is 30.2 Å². The molecule has 1 aromatic carbocycles. The van der Waals surface area contributed by atoms with Gasteiger partial charge in [0.15, 0.2) is 0 Å². The molecule has 84 valence electrons. The van der Waals surface area contributed by atoms with Gasteiger partial charge >= 0.3 is 0 Å². The van der Waals surface area contributed by atoms with Crippen molar-refractivity contribution < 1.29 is 0 Å². The van der Waals surface area contributed by atoms with Gasteiger partial charge in [-0.25, -0.2) is 0 Å². The molecule has 1 rings (SSSR count). The summed E-state index contributed by atoms with van der Waals surface area (Å²) in [5, 5.41) is 0. The van der Waals surface area contributed by atoms with Crippen molar-refractivity contribution in [1.82, 2.24) is 0 Å². The third-order valence-corrected chi connectivity index (χ3v) is 3.04. The number of rotatable bonds is 5. The van der Waals surface area contributed by atoms with E-state index in [2.05, 4.69) is 43.1 Å². The van der Waals surface area contributed by atoms with Gasteiger partial charge in [-0.1, -0.05) is 6.92 Å². The molecule has 3 heteroatoms. The van der Waals surface area contributed by atoms with E-state index in [4.69, 9.17) is 5.73 Å². The molecule has 0 radical (unpaired) electrons. The van der Waals surface area contributed by atoms with E-state index in [1.807, 2.05) is 18.7 Å². The average Bonchev–Trinajstić information content (AvgIpc) is 2.18. The summed E-state index contributed by atoms with van der Waals surface area (Å²) in [4.78, 5) is 3.51. The number of nitrogens with two attached hydrogens (primary N) is 1. The Kier molecular flexibility index (Phi) is 4.99. The molecule has 0 fully saturated rings. The van der Waals surface area contributed by atoms with Crippen LogP contribution in [-0.2, 0) is 0 Å². The molecule has 15 heavy (non-hydrogen) atoms. The molecule has 0 saturated carbocycles. The van der Waals surface area contributed by atoms with Crippen LogP contribution >= 0.6 is 11.8 Å². The van der Waals surface area contributed by atoms with E-state index in [1.165, 1.54) is 10.6 Å². The van der Waals surface area contributed by atoms with Crippen molar-refractivity contribution in [2.24, 2.45) is 5.73 Å². The Morgan fingerprint density at radius 1 is 1.33 bits per heavy atom. The number of hydrogen-bond donors (Lipinski definition) is 1. The fourth-order valence-corrected chi connectivity index (χ4v) is 2.16. The smallest absolute Gasteiger partial charge is 0.0364 e. The zero-order chi connectivity index (χ0) is 11.3. The second kappa shape index (κ2) is 6.03. The number of nitrogens with zero attached hydrogens (tertiary/aromatic N) is 1. The highest BCUT2D eigenvalue weighted by atomic mass is 32.2. The minimum absolute atomic E-state index is 0.208. The lowest BCUT2D eigenvalue weighted by molar-refractivity contribution is 0.717. The third kappa shape index (κ3) is 4.14. The predicted octanol–water partition coefficient (Wildman–Crippen LogP) is 2.58. The van der Waals surface area contributed by atoms with Crippen LogP contribution in [0, 0.1) is 0 Å². The molecule has 1 atom stereocenters. The maximum absolute atomic E-state index is 5.76. The van der Waals surface area contributed by atoms with E-state index in [0.717, 1.165) is 12.3 Å². The largest absolute Gasteiger partial charge is 0.373 e. The van der Waals surface area contributed by atoms with Crippen molar-refractivity contribution >= 4 is 17.4 Å². The minimum Gasteiger partial charge on any atom is -0.373 e. The topological polar surface area (TPSA) is 29.3 Å². The number of hydrogen-bond acceptors (Lipinski definition) is 3. The van der Waals surface area contributed by atoms with Crippen molar-refractivity contribution in [1.29, 1.82) is 0 Å². The summed E-state index contributed by atoms with van der Waals surface area (Å²) in [6.07, 6.45) is 0. The zero-order valence-electron chi connectivity index (χ0n) is 9.73. The summed E-state index contributed by atoms with van der Waals surface area (Å²) in [7, 11) is 2.07. The van der Waals surface area contributed by atoms with Gasteiger partial charge < -0.3 is 10.6 Å². The molecule has 1 aromatic rings. The molecule has 0 amide bonds. The molecule has 0 bridgehead atoms. The Morgan fingerprint density at radius 2 is 1.93 bits per heavy atom. The molecule has 0 aromatic heterocycles. The van der Waals surface area contributed by atoms with E-state index in [1.54, 1.807) is 0 Å². The van der Waals surface area contributed by atoms with Gasteiger partial charge in [-0.2, -0.15) is 0 Å². The summed E-state index contributed by atoms with van der Waals surface area (Å²) in [5.74, 6) is 1.12. The van der Waals surface area contributed by atoms with E-state index in [9.17, 15) is 0 Å². The monoisotopic (exact) mass is 224 g/mol. The zero-order valence-corrected chi connectivity index (χ0v) is 10.6. The standard InChI is InChI=1S/C12H20N2S/c1-4-15-12-7-5-11(6-8-12)14(3)9-10(2)13/h5-8,10H,4,9,13H2,1-3H3. The Labute approximate surface area is 96.8 Å². The van der Waals surface area contributed by atoms with Crippen molar-refractivity contribution in [3.63, 3.8) is 0 Å². The molecule has 0 heterocycles. The first-order valence-electron chi connectivity index (χ1n) is 5.33. The second-order valence-electron chi connectivity index (χ2n) is 3.78. The molecule has 0 aliphatic carbocycles. The summed E-state index contributed by atoms with van der Waals surface area (Å²) in [6.45, 7) is 5.08. The molecule has 2 nitrogen and oxygen atoms in total. The summed E-state index contributed by atoms with van der Waals surface area (Å²) in [6, 6.07) is 8.85. The Morgan fingerprint density at radius 3 is 2.40 bits per heavy atom. The number of likely N-dealkylation sites (N-methyl/N-ethyl adjacent to an activating group) is 1. The summed E-state index contributed by atoms with van der Waals surface area (Å²) < 4.78 is 0. The Balaban J connectivity index is 2.62. The lowest BCUT2D eigenvalue weighted by Crippen LogP contribution is -2.32. The third-order valence-electron chi connectivity index (χ3n) is 2.15. The SMILES string of the molecule is CCSc1ccc(N(C)CC(C)N)cc1. The fourth-order valence-electron chi connectivity index (χ4n) is 1.50. The van der Waals surface area contributed by atoms with Crippen LogP contribution in [0.15, 0.2) is 29.2 Å². The molecular weight excluding hydrogens is 204 g/mol. The molecule has 0 aliphatic rings. The normalized spacial score (nSPS) is 12.5. The number of anilines is 1. The van der Waals surface area contributed by atoms with Crippen LogP contribution in [-0.4, -0.2) is 25.4 Å². The number of thioether (sulfide) groups is 1. The fraction of sp³-hybridized carbons (Fsp3) is 0.500. The van der Waals surface area contributed by atoms with Crippen LogP contribution in [0.2, 0.25) is 0 Å². The molecule has 1 unspecified atom stereocenters. The van der Waals surface area contributed by atoms with E-state index in [-0.39, 0.29) is 6.04 Å². The first kappa shape index (κ1) is 12.4. The lowest BCUT2D eigenvalue weighted by atomic mass is 10.2. The first-order valence-corrected chi connectivity index (χ1v) is 6.31. The van der Waals surface area contributed by atoms with Crippen molar-refractivity contribution in [3.8, 4) is 0 Å². The van der Waals surface area contributed by atoms with E-state index >= 15 is 0 Å². The van der Waals surface area contributed by atoms with Crippen molar-refractivity contribution in [2.75, 3.05) is 24.2 Å². The predicted molar refractivity (Wildman–Crippen MR) is 69.8 cm³/mol. The maximum Gasteiger partial charge on any atom is 0.0364 e. The van der Waals surface area contributed by atoms with Crippen LogP contribution in [0.1, 0.15) is 13.8 Å². The molecule has 2 N–H and O–H groups in total. The van der Waals surface area contributed by atoms with Crippen molar-refractivity contribution in [2.45, 2.75) is 24.8 Å². The van der Waals surface area contributed by atoms with Gasteiger partial charge in [-0.15, -0.1) is 11.8 Å². The molecule has 0 aliphatic heterocycles. The first-order chi connectivity index (χ1) is 7.13. The minimum atomic E-state index is 0.208. The highest BCUT2D eigenvalue weighted by Gasteiger charge is 2.03. The van der Waals surface area contributed by atoms with Gasteiger partial charge in [-0.3, -0.25) is 0 Å². The average molecular weight is 224 g/mol. The maximum atomic E-state index is 5.76. The van der Waals surface area contributed by atoms with Crippen molar-refractivity contribution in [3.05, 3.63) is 24.3 Å². The van der Waals surface area contributed by atoms with E-state index < -0.39 is 0 Å². The van der Waals surface area contributed by atoms with Gasteiger partial charge in [0.05, 0.1) is 0 Å². The van der Waals surface area contributed by atoms with Gasteiger partial charge in [0.1, 0.15) is 0 Å². The van der Waals surface area contributed by atoms with Crippen LogP contribution in [0.25, 0.3) is 0 Å². The lowest BCUT2D eigenvalue weighted by Gasteiger charge is -2.21. The van der Waals surface area contributed by atoms with Crippen LogP contribution < -0.4 is 10.6 Å². The Hall–Kier alpha value is -0.670. The molecular formula is C12H20N2S. The highest BCUT2D eigenvalue weighted by Crippen LogP contribution is 2.21. The Bertz CT molecular complexity index is 282. The van der Waals surface area contributed by atoms with Gasteiger partial charge in [0.25, 0.3) is 0 Å². The highest BCUT2D eigenvalue weighted by molar-refractivity contribution is 7.99. The quantitative estimate of drug-likeness (QED) is 0.780. The number of benzene rings is 1. The summed E-state index contributed by atoms with van der Waals surface area (Å²) in [5.41, 5.74) is 6.99. The van der Waals surface area contributed by atoms with Crippen LogP contribution in [0.4, 0.5) is 5.69 Å². The van der Waals surface area contributed by atoms with Crippen LogP contribution in [0.5, 0.6) is 0 Å². The summed E-state index contributed by atoms with van der Waals surface area (Å²) >= 11 is 1.87. The van der Waals surface area contributed by atoms with E-state index in [0.29, 0.717) is 0 Å². The molecule has 0 spiro atoms. The second-order valence-corrected chi connectivity index (χ2v) is 5.12. The van der Waals surface area contributed by atoms with Crippen LogP contribution in [0.3, 0.4) is 0 Å². The van der Waals surface area contributed by atoms with Gasteiger partial charge in [0.2, 0.25) is 0 Å².